The number of hydrogen-bond acceptors (Lipinski definition) is 5. The lowest BCUT2D eigenvalue weighted by Crippen LogP contribution is -2.15. The Morgan fingerprint density at radius 1 is 1.44 bits per heavy atom. The molecule has 2 aromatic rings. The van der Waals surface area contributed by atoms with Crippen molar-refractivity contribution in [2.45, 2.75) is 19.1 Å². The van der Waals surface area contributed by atoms with Gasteiger partial charge in [-0.15, -0.1) is 0 Å². The summed E-state index contributed by atoms with van der Waals surface area (Å²) in [5, 5.41) is 16.8. The van der Waals surface area contributed by atoms with Crippen molar-refractivity contribution in [2.75, 3.05) is 6.61 Å². The first-order valence-electron chi connectivity index (χ1n) is 5.73. The second-order valence-electron chi connectivity index (χ2n) is 4.13. The fraction of sp³-hybridized carbons (Fsp3) is 0.333. The van der Waals surface area contributed by atoms with Crippen molar-refractivity contribution in [3.8, 4) is 11.5 Å². The highest BCUT2D eigenvalue weighted by Gasteiger charge is 2.20. The Morgan fingerprint density at radius 3 is 3.11 bits per heavy atom. The van der Waals surface area contributed by atoms with Gasteiger partial charge in [-0.25, -0.2) is 5.10 Å². The smallest absolute Gasteiger partial charge is 0.272 e. The van der Waals surface area contributed by atoms with Crippen LogP contribution in [-0.2, 0) is 4.74 Å². The fourth-order valence-corrected chi connectivity index (χ4v) is 2.03. The van der Waals surface area contributed by atoms with Crippen molar-refractivity contribution >= 4 is 10.8 Å². The highest BCUT2D eigenvalue weighted by Crippen LogP contribution is 2.34. The predicted molar refractivity (Wildman–Crippen MR) is 63.6 cm³/mol. The number of aromatic amines is 1. The Hall–Kier alpha value is -2.08. The molecule has 0 bridgehead atoms. The van der Waals surface area contributed by atoms with Crippen LogP contribution in [0.4, 0.5) is 0 Å². The molecule has 1 atom stereocenters. The minimum atomic E-state index is -0.374. The highest BCUT2D eigenvalue weighted by molar-refractivity contribution is 5.89. The number of phenols is 1. The van der Waals surface area contributed by atoms with Crippen molar-refractivity contribution < 1.29 is 14.6 Å². The number of nitrogens with one attached hydrogen (secondary N) is 1. The summed E-state index contributed by atoms with van der Waals surface area (Å²) in [7, 11) is 0. The number of H-pyrrole nitrogens is 1. The predicted octanol–water partition coefficient (Wildman–Crippen LogP) is 1.14. The summed E-state index contributed by atoms with van der Waals surface area (Å²) in [5.74, 6) is 0.225. The highest BCUT2D eigenvalue weighted by atomic mass is 16.7. The fourth-order valence-electron chi connectivity index (χ4n) is 2.03. The first-order chi connectivity index (χ1) is 8.75. The van der Waals surface area contributed by atoms with Gasteiger partial charge in [-0.2, -0.15) is 5.10 Å². The topological polar surface area (TPSA) is 84.4 Å². The number of benzene rings is 1. The molecule has 1 aliphatic heterocycles. The van der Waals surface area contributed by atoms with Gasteiger partial charge < -0.3 is 14.6 Å². The molecule has 3 rings (SSSR count). The van der Waals surface area contributed by atoms with E-state index in [0.29, 0.717) is 17.4 Å². The molecule has 94 valence electrons. The third-order valence-electron chi connectivity index (χ3n) is 2.92. The lowest BCUT2D eigenvalue weighted by atomic mass is 10.1. The monoisotopic (exact) mass is 248 g/mol. The van der Waals surface area contributed by atoms with Crippen LogP contribution >= 0.6 is 0 Å². The molecule has 0 saturated carbocycles. The summed E-state index contributed by atoms with van der Waals surface area (Å²) in [6.07, 6.45) is 2.78. The van der Waals surface area contributed by atoms with E-state index in [9.17, 15) is 9.90 Å². The first-order valence-corrected chi connectivity index (χ1v) is 5.73. The average molecular weight is 248 g/mol. The van der Waals surface area contributed by atoms with Crippen LogP contribution in [-0.4, -0.2) is 28.2 Å². The molecule has 0 spiro atoms. The lowest BCUT2D eigenvalue weighted by molar-refractivity contribution is -0.0393. The van der Waals surface area contributed by atoms with Crippen molar-refractivity contribution in [3.05, 3.63) is 28.7 Å². The zero-order chi connectivity index (χ0) is 12.5. The standard InChI is InChI=1S/C12H12N2O4/c15-9-4-3-7-8(6-13-14-12(7)16)11(9)18-10-2-1-5-17-10/h3-4,6,10,15H,1-2,5H2,(H,14,16). The van der Waals surface area contributed by atoms with Gasteiger partial charge >= 0.3 is 0 Å². The molecule has 0 radical (unpaired) electrons. The second kappa shape index (κ2) is 4.30. The van der Waals surface area contributed by atoms with Crippen molar-refractivity contribution in [1.29, 1.82) is 0 Å². The molecule has 1 fully saturated rings. The van der Waals surface area contributed by atoms with Gasteiger partial charge in [-0.3, -0.25) is 4.79 Å². The summed E-state index contributed by atoms with van der Waals surface area (Å²) in [4.78, 5) is 11.6. The van der Waals surface area contributed by atoms with Gasteiger partial charge in [0.15, 0.2) is 17.8 Å². The maximum atomic E-state index is 11.6. The first kappa shape index (κ1) is 11.0. The summed E-state index contributed by atoms with van der Waals surface area (Å²) >= 11 is 0. The molecule has 1 aromatic carbocycles. The molecule has 2 N–H and O–H groups in total. The van der Waals surface area contributed by atoms with E-state index < -0.39 is 0 Å². The van der Waals surface area contributed by atoms with Gasteiger partial charge in [0.05, 0.1) is 23.6 Å². The molecular formula is C12H12N2O4. The second-order valence-corrected chi connectivity index (χ2v) is 4.13. The molecule has 6 heteroatoms. The van der Waals surface area contributed by atoms with Gasteiger partial charge in [0.1, 0.15) is 0 Å². The maximum absolute atomic E-state index is 11.6. The molecular weight excluding hydrogens is 236 g/mol. The van der Waals surface area contributed by atoms with Gasteiger partial charge in [-0.05, 0) is 18.6 Å². The molecule has 2 heterocycles. The number of nitrogens with zero attached hydrogens (tertiary/aromatic N) is 1. The number of aromatic hydroxyl groups is 1. The van der Waals surface area contributed by atoms with Crippen LogP contribution in [0.3, 0.4) is 0 Å². The van der Waals surface area contributed by atoms with Crippen LogP contribution in [0.5, 0.6) is 11.5 Å². The Morgan fingerprint density at radius 2 is 2.33 bits per heavy atom. The summed E-state index contributed by atoms with van der Waals surface area (Å²) in [6, 6.07) is 2.97. The van der Waals surface area contributed by atoms with Gasteiger partial charge in [0.25, 0.3) is 5.56 Å². The van der Waals surface area contributed by atoms with Crippen LogP contribution in [0.25, 0.3) is 10.8 Å². The Bertz CT molecular complexity index is 632. The number of fused-ring (bicyclic) bond motifs is 1. The maximum Gasteiger partial charge on any atom is 0.272 e. The average Bonchev–Trinajstić information content (AvgIpc) is 2.86. The van der Waals surface area contributed by atoms with Gasteiger partial charge in [0, 0.05) is 6.42 Å². The van der Waals surface area contributed by atoms with Crippen molar-refractivity contribution in [1.82, 2.24) is 10.2 Å². The van der Waals surface area contributed by atoms with E-state index in [-0.39, 0.29) is 23.3 Å². The number of rotatable bonds is 2. The lowest BCUT2D eigenvalue weighted by Gasteiger charge is -2.15. The zero-order valence-electron chi connectivity index (χ0n) is 9.55. The van der Waals surface area contributed by atoms with E-state index in [1.54, 1.807) is 0 Å². The number of ether oxygens (including phenoxy) is 2. The van der Waals surface area contributed by atoms with E-state index in [0.717, 1.165) is 12.8 Å². The molecule has 1 unspecified atom stereocenters. The van der Waals surface area contributed by atoms with Crippen LogP contribution in [0, 0.1) is 0 Å². The Kier molecular flexibility index (Phi) is 2.64. The largest absolute Gasteiger partial charge is 0.504 e. The van der Waals surface area contributed by atoms with Crippen LogP contribution in [0.1, 0.15) is 12.8 Å². The Labute approximate surface area is 102 Å². The van der Waals surface area contributed by atoms with Crippen LogP contribution < -0.4 is 10.3 Å². The van der Waals surface area contributed by atoms with Crippen molar-refractivity contribution in [2.24, 2.45) is 0 Å². The molecule has 1 aliphatic rings. The molecule has 1 saturated heterocycles. The third kappa shape index (κ3) is 1.80. The van der Waals surface area contributed by atoms with E-state index in [1.807, 2.05) is 0 Å². The van der Waals surface area contributed by atoms with E-state index in [4.69, 9.17) is 9.47 Å². The minimum absolute atomic E-state index is 0.0228. The van der Waals surface area contributed by atoms with E-state index in [1.165, 1.54) is 18.3 Å². The number of phenolic OH excluding ortho intramolecular Hbond substituents is 1. The van der Waals surface area contributed by atoms with Crippen LogP contribution in [0.2, 0.25) is 0 Å². The minimum Gasteiger partial charge on any atom is -0.504 e. The molecule has 0 aliphatic carbocycles. The molecule has 0 amide bonds. The SMILES string of the molecule is O=c1[nH]ncc2c(OC3CCCO3)c(O)ccc12. The quantitative estimate of drug-likeness (QED) is 0.832. The van der Waals surface area contributed by atoms with Gasteiger partial charge in [-0.1, -0.05) is 0 Å². The van der Waals surface area contributed by atoms with Crippen LogP contribution in [0.15, 0.2) is 23.1 Å². The molecule has 6 nitrogen and oxygen atoms in total. The summed E-state index contributed by atoms with van der Waals surface area (Å²) in [6.45, 7) is 0.648. The summed E-state index contributed by atoms with van der Waals surface area (Å²) in [5.41, 5.74) is -0.315. The summed E-state index contributed by atoms with van der Waals surface area (Å²) < 4.78 is 11.0. The third-order valence-corrected chi connectivity index (χ3v) is 2.92. The Balaban J connectivity index is 2.11. The van der Waals surface area contributed by atoms with Gasteiger partial charge in [0.2, 0.25) is 0 Å². The molecule has 1 aromatic heterocycles. The molecule has 18 heavy (non-hydrogen) atoms. The number of aromatic nitrogens is 2. The van der Waals surface area contributed by atoms with Crippen molar-refractivity contribution in [3.63, 3.8) is 0 Å². The normalized spacial score (nSPS) is 19.2. The van der Waals surface area contributed by atoms with E-state index >= 15 is 0 Å². The zero-order valence-corrected chi connectivity index (χ0v) is 9.55. The number of hydrogen-bond donors (Lipinski definition) is 2. The van der Waals surface area contributed by atoms with E-state index in [2.05, 4.69) is 10.2 Å².